The second-order valence-corrected chi connectivity index (χ2v) is 17.8. The molecule has 2 heteroatoms. The van der Waals surface area contributed by atoms with Crippen LogP contribution in [0, 0.1) is 0 Å². The van der Waals surface area contributed by atoms with Crippen LogP contribution in [0.3, 0.4) is 0 Å². The number of nitrogens with zero attached hydrogens (tertiary/aromatic N) is 2. The average molecular weight is 821 g/mol. The van der Waals surface area contributed by atoms with Gasteiger partial charge in [0.25, 0.3) is 0 Å². The van der Waals surface area contributed by atoms with Crippen molar-refractivity contribution in [3.05, 3.63) is 242 Å². The van der Waals surface area contributed by atoms with Gasteiger partial charge in [-0.15, -0.1) is 0 Å². The van der Waals surface area contributed by atoms with Crippen LogP contribution in [0.2, 0.25) is 0 Å². The number of hydrogen-bond acceptors (Lipinski definition) is 1. The van der Waals surface area contributed by atoms with Crippen LogP contribution in [0.15, 0.2) is 237 Å². The fourth-order valence-corrected chi connectivity index (χ4v) is 9.46. The number of anilines is 3. The van der Waals surface area contributed by atoms with Crippen molar-refractivity contribution in [2.45, 2.75) is 26.2 Å². The lowest BCUT2D eigenvalue weighted by atomic mass is 9.86. The van der Waals surface area contributed by atoms with Crippen LogP contribution in [-0.2, 0) is 5.41 Å². The summed E-state index contributed by atoms with van der Waals surface area (Å²) in [7, 11) is 0. The van der Waals surface area contributed by atoms with Gasteiger partial charge in [0.2, 0.25) is 0 Å². The lowest BCUT2D eigenvalue weighted by Gasteiger charge is -2.26. The summed E-state index contributed by atoms with van der Waals surface area (Å²) >= 11 is 0. The smallest absolute Gasteiger partial charge is 0.0541 e. The number of hydrogen-bond donors (Lipinski definition) is 0. The van der Waals surface area contributed by atoms with Gasteiger partial charge in [-0.2, -0.15) is 0 Å². The highest BCUT2D eigenvalue weighted by Crippen LogP contribution is 2.41. The van der Waals surface area contributed by atoms with Gasteiger partial charge in [0.15, 0.2) is 0 Å². The molecule has 10 aromatic carbocycles. The highest BCUT2D eigenvalue weighted by Gasteiger charge is 2.19. The molecule has 0 aliphatic heterocycles. The van der Waals surface area contributed by atoms with Gasteiger partial charge in [-0.1, -0.05) is 191 Å². The molecule has 0 bridgehead atoms. The summed E-state index contributed by atoms with van der Waals surface area (Å²) in [5.41, 5.74) is 17.9. The van der Waals surface area contributed by atoms with Crippen molar-refractivity contribution in [3.63, 3.8) is 0 Å². The molecule has 1 heterocycles. The first-order chi connectivity index (χ1) is 31.4. The molecule has 2 nitrogen and oxygen atoms in total. The van der Waals surface area contributed by atoms with Crippen molar-refractivity contribution < 1.29 is 0 Å². The van der Waals surface area contributed by atoms with Crippen molar-refractivity contribution >= 4 is 49.6 Å². The van der Waals surface area contributed by atoms with Crippen LogP contribution in [0.5, 0.6) is 0 Å². The number of benzene rings is 10. The molecule has 0 saturated heterocycles. The van der Waals surface area contributed by atoms with Crippen LogP contribution in [0.4, 0.5) is 17.1 Å². The Morgan fingerprint density at radius 1 is 0.344 bits per heavy atom. The molecule has 11 rings (SSSR count). The summed E-state index contributed by atoms with van der Waals surface area (Å²) in [5.74, 6) is 0. The van der Waals surface area contributed by atoms with Gasteiger partial charge in [0, 0.05) is 33.5 Å². The van der Waals surface area contributed by atoms with E-state index in [1.54, 1.807) is 0 Å². The molecule has 1 aromatic heterocycles. The third kappa shape index (κ3) is 7.13. The van der Waals surface area contributed by atoms with Crippen molar-refractivity contribution in [2.75, 3.05) is 4.90 Å². The van der Waals surface area contributed by atoms with E-state index in [0.717, 1.165) is 22.7 Å². The molecule has 0 atom stereocenters. The molecule has 0 radical (unpaired) electrons. The summed E-state index contributed by atoms with van der Waals surface area (Å²) in [6, 6.07) is 86.3. The monoisotopic (exact) mass is 820 g/mol. The van der Waals surface area contributed by atoms with Gasteiger partial charge in [-0.05, 0) is 133 Å². The highest BCUT2D eigenvalue weighted by atomic mass is 15.1. The van der Waals surface area contributed by atoms with Gasteiger partial charge < -0.3 is 9.47 Å². The standard InChI is InChI=1S/C62H48N2/c1-62(2,3)50-33-40-60-58(42-50)57-23-10-11-26-59(57)64(60)54-22-12-21-49(41-54)45-29-36-52(37-30-45)63(51-34-27-44(28-35-51)43-15-6-4-7-16-43)53-38-31-47(32-39-53)56-25-14-20-48-19-13-24-55(61(48)56)46-17-8-5-9-18-46/h4-42H,1-3H3. The molecule has 0 saturated carbocycles. The summed E-state index contributed by atoms with van der Waals surface area (Å²) in [5, 5.41) is 5.07. The van der Waals surface area contributed by atoms with Crippen LogP contribution in [-0.4, -0.2) is 4.57 Å². The van der Waals surface area contributed by atoms with Crippen LogP contribution >= 0.6 is 0 Å². The Morgan fingerprint density at radius 3 is 1.42 bits per heavy atom. The SMILES string of the molecule is CC(C)(C)c1ccc2c(c1)c1ccccc1n2-c1cccc(-c2ccc(N(c3ccc(-c4ccccc4)cc3)c3ccc(-c4cccc5cccc(-c6ccccc6)c45)cc3)cc2)c1. The normalized spacial score (nSPS) is 11.7. The summed E-state index contributed by atoms with van der Waals surface area (Å²) in [6.45, 7) is 6.86. The Hall–Kier alpha value is -7.94. The predicted molar refractivity (Wildman–Crippen MR) is 273 cm³/mol. The zero-order valence-corrected chi connectivity index (χ0v) is 36.4. The van der Waals surface area contributed by atoms with Gasteiger partial charge in [-0.25, -0.2) is 0 Å². The van der Waals surface area contributed by atoms with E-state index in [9.17, 15) is 0 Å². The van der Waals surface area contributed by atoms with Gasteiger partial charge in [0.05, 0.1) is 11.0 Å². The number of aromatic nitrogens is 1. The third-order valence-corrected chi connectivity index (χ3v) is 12.8. The van der Waals surface area contributed by atoms with Crippen molar-refractivity contribution in [3.8, 4) is 50.2 Å². The maximum absolute atomic E-state index is 2.42. The summed E-state index contributed by atoms with van der Waals surface area (Å²) in [4.78, 5) is 2.36. The van der Waals surface area contributed by atoms with Crippen molar-refractivity contribution in [2.24, 2.45) is 0 Å². The average Bonchev–Trinajstić information content (AvgIpc) is 3.68. The minimum Gasteiger partial charge on any atom is -0.311 e. The van der Waals surface area contributed by atoms with Gasteiger partial charge in [0.1, 0.15) is 0 Å². The maximum atomic E-state index is 2.42. The maximum Gasteiger partial charge on any atom is 0.0541 e. The Morgan fingerprint density at radius 2 is 0.812 bits per heavy atom. The molecular formula is C62H48N2. The number of rotatable bonds is 8. The summed E-state index contributed by atoms with van der Waals surface area (Å²) < 4.78 is 2.42. The van der Waals surface area contributed by atoms with E-state index >= 15 is 0 Å². The van der Waals surface area contributed by atoms with Crippen LogP contribution in [0.25, 0.3) is 82.8 Å². The lowest BCUT2D eigenvalue weighted by molar-refractivity contribution is 0.591. The summed E-state index contributed by atoms with van der Waals surface area (Å²) in [6.07, 6.45) is 0. The van der Waals surface area contributed by atoms with Crippen molar-refractivity contribution in [1.82, 2.24) is 4.57 Å². The van der Waals surface area contributed by atoms with Gasteiger partial charge in [-0.3, -0.25) is 0 Å². The molecule has 0 N–H and O–H groups in total. The molecule has 0 aliphatic carbocycles. The molecule has 306 valence electrons. The zero-order chi connectivity index (χ0) is 43.2. The Kier molecular flexibility index (Phi) is 9.78. The van der Waals surface area contributed by atoms with E-state index in [0.29, 0.717) is 0 Å². The fraction of sp³-hybridized carbons (Fsp3) is 0.0645. The fourth-order valence-electron chi connectivity index (χ4n) is 9.46. The largest absolute Gasteiger partial charge is 0.311 e. The van der Waals surface area contributed by atoms with E-state index < -0.39 is 0 Å². The third-order valence-electron chi connectivity index (χ3n) is 12.8. The van der Waals surface area contributed by atoms with Crippen LogP contribution in [0.1, 0.15) is 26.3 Å². The van der Waals surface area contributed by atoms with Crippen LogP contribution < -0.4 is 4.90 Å². The molecule has 0 aliphatic rings. The van der Waals surface area contributed by atoms with E-state index in [-0.39, 0.29) is 5.41 Å². The molecule has 64 heavy (non-hydrogen) atoms. The first-order valence-electron chi connectivity index (χ1n) is 22.3. The minimum absolute atomic E-state index is 0.0683. The molecule has 0 fully saturated rings. The molecule has 11 aromatic rings. The predicted octanol–water partition coefficient (Wildman–Crippen LogP) is 17.4. The lowest BCUT2D eigenvalue weighted by Crippen LogP contribution is -2.10. The quantitative estimate of drug-likeness (QED) is 0.148. The topological polar surface area (TPSA) is 8.17 Å². The zero-order valence-electron chi connectivity index (χ0n) is 36.4. The molecule has 0 unspecified atom stereocenters. The molecular weight excluding hydrogens is 773 g/mol. The van der Waals surface area contributed by atoms with Gasteiger partial charge >= 0.3 is 0 Å². The Labute approximate surface area is 376 Å². The number of fused-ring (bicyclic) bond motifs is 4. The van der Waals surface area contributed by atoms with E-state index in [2.05, 4.69) is 267 Å². The van der Waals surface area contributed by atoms with Crippen molar-refractivity contribution in [1.29, 1.82) is 0 Å². The molecule has 0 spiro atoms. The second kappa shape index (κ2) is 16.1. The van der Waals surface area contributed by atoms with E-state index in [1.165, 1.54) is 82.6 Å². The minimum atomic E-state index is 0.0683. The van der Waals surface area contributed by atoms with E-state index in [4.69, 9.17) is 0 Å². The Bertz CT molecular complexity index is 3420. The number of para-hydroxylation sites is 1. The first-order valence-corrected chi connectivity index (χ1v) is 22.3. The van der Waals surface area contributed by atoms with E-state index in [1.807, 2.05) is 0 Å². The second-order valence-electron chi connectivity index (χ2n) is 17.8. The Balaban J connectivity index is 0.974. The molecule has 0 amide bonds. The highest BCUT2D eigenvalue weighted by molar-refractivity contribution is 6.10. The first kappa shape index (κ1) is 38.9.